The molecule has 5 heteroatoms. The summed E-state index contributed by atoms with van der Waals surface area (Å²) in [5.41, 5.74) is 14.5. The van der Waals surface area contributed by atoms with Gasteiger partial charge in [-0.25, -0.2) is 15.0 Å². The lowest BCUT2D eigenvalue weighted by atomic mass is 9.82. The Morgan fingerprint density at radius 3 is 1.62 bits per heavy atom. The van der Waals surface area contributed by atoms with Crippen molar-refractivity contribution in [2.75, 3.05) is 0 Å². The predicted molar refractivity (Wildman–Crippen MR) is 223 cm³/mol. The average molecular weight is 724 g/mol. The molecule has 0 radical (unpaired) electrons. The minimum absolute atomic E-state index is 0.125. The van der Waals surface area contributed by atoms with E-state index in [0.717, 1.165) is 44.9 Å². The molecule has 2 aliphatic carbocycles. The number of aromatic nitrogens is 3. The number of benzene rings is 7. The molecular weight excluding hydrogens is 687 g/mol. The molecule has 0 atom stereocenters. The third kappa shape index (κ3) is 4.77. The maximum absolute atomic E-state index is 6.74. The Bertz CT molecular complexity index is 2910. The molecule has 1 aromatic heterocycles. The second kappa shape index (κ2) is 11.8. The van der Waals surface area contributed by atoms with Crippen LogP contribution in [-0.4, -0.2) is 15.0 Å². The summed E-state index contributed by atoms with van der Waals surface area (Å²) in [6.45, 7) is 9.14. The highest BCUT2D eigenvalue weighted by molar-refractivity contribution is 5.89. The fourth-order valence-electron chi connectivity index (χ4n) is 9.07. The van der Waals surface area contributed by atoms with E-state index < -0.39 is 0 Å². The van der Waals surface area contributed by atoms with Crippen LogP contribution < -0.4 is 9.47 Å². The highest BCUT2D eigenvalue weighted by Crippen LogP contribution is 2.59. The van der Waals surface area contributed by atoms with Crippen LogP contribution in [0.3, 0.4) is 0 Å². The Kier molecular flexibility index (Phi) is 6.88. The van der Waals surface area contributed by atoms with Gasteiger partial charge in [0.25, 0.3) is 0 Å². The summed E-state index contributed by atoms with van der Waals surface area (Å²) < 4.78 is 13.5. The lowest BCUT2D eigenvalue weighted by molar-refractivity contribution is 0.361. The molecule has 56 heavy (non-hydrogen) atoms. The highest BCUT2D eigenvalue weighted by atomic mass is 16.6. The normalized spacial score (nSPS) is 14.6. The second-order valence-corrected chi connectivity index (χ2v) is 16.0. The van der Waals surface area contributed by atoms with Crippen molar-refractivity contribution < 1.29 is 9.47 Å². The van der Waals surface area contributed by atoms with Crippen molar-refractivity contribution in [2.45, 2.75) is 38.5 Å². The van der Waals surface area contributed by atoms with Crippen LogP contribution in [0.1, 0.15) is 49.9 Å². The van der Waals surface area contributed by atoms with Crippen molar-refractivity contribution >= 4 is 0 Å². The monoisotopic (exact) mass is 723 g/mol. The van der Waals surface area contributed by atoms with Crippen LogP contribution in [-0.2, 0) is 10.8 Å². The van der Waals surface area contributed by atoms with Crippen molar-refractivity contribution in [1.29, 1.82) is 0 Å². The zero-order valence-corrected chi connectivity index (χ0v) is 31.6. The molecule has 0 fully saturated rings. The number of ether oxygens (including phenoxy) is 2. The van der Waals surface area contributed by atoms with Crippen molar-refractivity contribution in [2.24, 2.45) is 0 Å². The van der Waals surface area contributed by atoms with E-state index in [1.807, 2.05) is 48.5 Å². The Labute approximate surface area is 326 Å². The van der Waals surface area contributed by atoms with Crippen LogP contribution in [0.5, 0.6) is 23.0 Å². The largest absolute Gasteiger partial charge is 0.449 e. The van der Waals surface area contributed by atoms with Crippen molar-refractivity contribution in [3.8, 4) is 90.5 Å². The summed E-state index contributed by atoms with van der Waals surface area (Å²) in [4.78, 5) is 15.2. The maximum atomic E-state index is 6.74. The number of rotatable bonds is 4. The van der Waals surface area contributed by atoms with E-state index in [1.54, 1.807) is 0 Å². The van der Waals surface area contributed by atoms with Crippen LogP contribution in [0.15, 0.2) is 152 Å². The molecule has 8 aromatic rings. The smallest absolute Gasteiger partial charge is 0.178 e. The van der Waals surface area contributed by atoms with Crippen LogP contribution in [0.2, 0.25) is 0 Å². The van der Waals surface area contributed by atoms with Gasteiger partial charge in [-0.1, -0.05) is 161 Å². The van der Waals surface area contributed by atoms with Gasteiger partial charge in [0.1, 0.15) is 0 Å². The first-order valence-corrected chi connectivity index (χ1v) is 19.2. The first-order chi connectivity index (χ1) is 27.3. The zero-order valence-electron chi connectivity index (χ0n) is 31.6. The van der Waals surface area contributed by atoms with Gasteiger partial charge in [0.05, 0.1) is 0 Å². The van der Waals surface area contributed by atoms with E-state index in [1.165, 1.54) is 38.9 Å². The van der Waals surface area contributed by atoms with Gasteiger partial charge in [-0.2, -0.15) is 0 Å². The van der Waals surface area contributed by atoms with Crippen LogP contribution in [0.4, 0.5) is 0 Å². The fourth-order valence-corrected chi connectivity index (χ4v) is 9.07. The highest BCUT2D eigenvalue weighted by Gasteiger charge is 2.40. The number of fused-ring (bicyclic) bond motifs is 9. The van der Waals surface area contributed by atoms with E-state index in [0.29, 0.717) is 29.0 Å². The molecule has 5 nitrogen and oxygen atoms in total. The van der Waals surface area contributed by atoms with Gasteiger partial charge in [0.2, 0.25) is 0 Å². The molecule has 7 aromatic carbocycles. The Morgan fingerprint density at radius 1 is 0.357 bits per heavy atom. The van der Waals surface area contributed by atoms with Gasteiger partial charge < -0.3 is 9.47 Å². The maximum Gasteiger partial charge on any atom is 0.178 e. The van der Waals surface area contributed by atoms with Crippen molar-refractivity contribution in [3.63, 3.8) is 0 Å². The summed E-state index contributed by atoms with van der Waals surface area (Å²) in [5, 5.41) is 0. The van der Waals surface area contributed by atoms with Gasteiger partial charge in [-0.3, -0.25) is 0 Å². The first-order valence-electron chi connectivity index (χ1n) is 19.2. The summed E-state index contributed by atoms with van der Waals surface area (Å²) in [6.07, 6.45) is 0. The molecule has 268 valence electrons. The number of para-hydroxylation sites is 1. The van der Waals surface area contributed by atoms with E-state index in [9.17, 15) is 0 Å². The molecule has 0 spiro atoms. The average Bonchev–Trinajstić information content (AvgIpc) is 3.62. The summed E-state index contributed by atoms with van der Waals surface area (Å²) in [6, 6.07) is 52.7. The first kappa shape index (κ1) is 32.6. The Hall–Kier alpha value is -6.85. The van der Waals surface area contributed by atoms with Gasteiger partial charge in [-0.05, 0) is 62.7 Å². The number of nitrogens with zero attached hydrogens (tertiary/aromatic N) is 3. The summed E-state index contributed by atoms with van der Waals surface area (Å²) in [5.74, 6) is 4.79. The lowest BCUT2D eigenvalue weighted by Gasteiger charge is -2.26. The van der Waals surface area contributed by atoms with Gasteiger partial charge in [0, 0.05) is 38.6 Å². The molecule has 0 bridgehead atoms. The summed E-state index contributed by atoms with van der Waals surface area (Å²) >= 11 is 0. The topological polar surface area (TPSA) is 57.1 Å². The zero-order chi connectivity index (χ0) is 37.8. The van der Waals surface area contributed by atoms with E-state index in [2.05, 4.69) is 131 Å². The molecule has 2 heterocycles. The standard InChI is InChI=1S/C51H37N3O2/c1-50(2)39-19-11-9-16-37(39)44-40(50)27-28-43-46(44)56-42-20-12-17-34(45(42)55-43)30-21-23-32(24-22-30)48-52-47(31-13-6-5-7-14-31)53-49(54-48)33-25-26-36-35-15-8-10-18-38(35)51(3,4)41(36)29-33/h5-29H,1-4H3. The van der Waals surface area contributed by atoms with Crippen LogP contribution >= 0.6 is 0 Å². The van der Waals surface area contributed by atoms with Gasteiger partial charge in [0.15, 0.2) is 40.5 Å². The van der Waals surface area contributed by atoms with Gasteiger partial charge in [-0.15, -0.1) is 0 Å². The molecule has 0 saturated carbocycles. The molecular formula is C51H37N3O2. The second-order valence-electron chi connectivity index (χ2n) is 16.0. The van der Waals surface area contributed by atoms with E-state index in [4.69, 9.17) is 24.4 Å². The molecule has 0 saturated heterocycles. The minimum Gasteiger partial charge on any atom is -0.449 e. The fraction of sp³-hybridized carbons (Fsp3) is 0.118. The lowest BCUT2D eigenvalue weighted by Crippen LogP contribution is -2.15. The predicted octanol–water partition coefficient (Wildman–Crippen LogP) is 13.1. The van der Waals surface area contributed by atoms with Crippen molar-refractivity contribution in [1.82, 2.24) is 15.0 Å². The SMILES string of the molecule is CC1(C)c2ccccc2-c2ccc(-c3nc(-c4ccccc4)nc(-c4ccc(-c5cccc6c5Oc5ccc7c(c5O6)-c5ccccc5C7(C)C)cc4)n3)cc21. The third-order valence-electron chi connectivity index (χ3n) is 12.0. The van der Waals surface area contributed by atoms with Gasteiger partial charge >= 0.3 is 0 Å². The molecule has 0 N–H and O–H groups in total. The quantitative estimate of drug-likeness (QED) is 0.181. The number of hydrogen-bond acceptors (Lipinski definition) is 5. The molecule has 11 rings (SSSR count). The van der Waals surface area contributed by atoms with E-state index >= 15 is 0 Å². The van der Waals surface area contributed by atoms with Crippen LogP contribution in [0, 0.1) is 0 Å². The minimum atomic E-state index is -0.133. The molecule has 0 amide bonds. The molecule has 0 unspecified atom stereocenters. The number of hydrogen-bond donors (Lipinski definition) is 0. The summed E-state index contributed by atoms with van der Waals surface area (Å²) in [7, 11) is 0. The molecule has 3 aliphatic rings. The van der Waals surface area contributed by atoms with Crippen molar-refractivity contribution in [3.05, 3.63) is 174 Å². The van der Waals surface area contributed by atoms with Crippen LogP contribution in [0.25, 0.3) is 67.5 Å². The Morgan fingerprint density at radius 2 is 0.875 bits per heavy atom. The molecule has 1 aliphatic heterocycles. The Balaban J connectivity index is 0.963. The van der Waals surface area contributed by atoms with E-state index in [-0.39, 0.29) is 10.8 Å². The third-order valence-corrected chi connectivity index (χ3v) is 12.0.